The Morgan fingerprint density at radius 1 is 1.45 bits per heavy atom. The van der Waals surface area contributed by atoms with Gasteiger partial charge in [0.1, 0.15) is 18.5 Å². The SMILES string of the molecule is OC(CNCCc1ncon1)COc1cccc(Cl)c1. The van der Waals surface area contributed by atoms with E-state index in [-0.39, 0.29) is 6.61 Å². The summed E-state index contributed by atoms with van der Waals surface area (Å²) in [5, 5.41) is 17.2. The van der Waals surface area contributed by atoms with E-state index in [1.807, 2.05) is 0 Å². The number of ether oxygens (including phenoxy) is 1. The quantitative estimate of drug-likeness (QED) is 0.715. The van der Waals surface area contributed by atoms with E-state index in [9.17, 15) is 5.11 Å². The maximum Gasteiger partial charge on any atom is 0.213 e. The molecule has 1 aromatic carbocycles. The fraction of sp³-hybridized carbons (Fsp3) is 0.385. The molecule has 0 amide bonds. The summed E-state index contributed by atoms with van der Waals surface area (Å²) in [4.78, 5) is 3.90. The van der Waals surface area contributed by atoms with Gasteiger partial charge < -0.3 is 19.7 Å². The van der Waals surface area contributed by atoms with Gasteiger partial charge in [0.25, 0.3) is 0 Å². The predicted molar refractivity (Wildman–Crippen MR) is 73.8 cm³/mol. The summed E-state index contributed by atoms with van der Waals surface area (Å²) in [6, 6.07) is 7.07. The van der Waals surface area contributed by atoms with Gasteiger partial charge in [0.15, 0.2) is 5.82 Å². The first-order valence-electron chi connectivity index (χ1n) is 6.26. The third-order valence-electron chi connectivity index (χ3n) is 2.55. The molecule has 0 bridgehead atoms. The molecular formula is C13H16ClN3O3. The Bertz CT molecular complexity index is 507. The van der Waals surface area contributed by atoms with Crippen molar-refractivity contribution in [2.45, 2.75) is 12.5 Å². The fourth-order valence-corrected chi connectivity index (χ4v) is 1.76. The van der Waals surface area contributed by atoms with Crippen LogP contribution in [0.15, 0.2) is 35.2 Å². The van der Waals surface area contributed by atoms with E-state index < -0.39 is 6.10 Å². The minimum Gasteiger partial charge on any atom is -0.491 e. The molecule has 0 aliphatic carbocycles. The molecule has 2 aromatic rings. The Morgan fingerprint density at radius 3 is 3.10 bits per heavy atom. The highest BCUT2D eigenvalue weighted by Crippen LogP contribution is 2.17. The monoisotopic (exact) mass is 297 g/mol. The van der Waals surface area contributed by atoms with E-state index in [0.717, 1.165) is 0 Å². The highest BCUT2D eigenvalue weighted by molar-refractivity contribution is 6.30. The van der Waals surface area contributed by atoms with Gasteiger partial charge in [-0.1, -0.05) is 22.8 Å². The number of nitrogens with zero attached hydrogens (tertiary/aromatic N) is 2. The summed E-state index contributed by atoms with van der Waals surface area (Å²) in [5.41, 5.74) is 0. The van der Waals surface area contributed by atoms with Crippen LogP contribution >= 0.6 is 11.6 Å². The predicted octanol–water partition coefficient (Wildman–Crippen LogP) is 1.29. The summed E-state index contributed by atoms with van der Waals surface area (Å²) < 4.78 is 10.1. The fourth-order valence-electron chi connectivity index (χ4n) is 1.58. The van der Waals surface area contributed by atoms with E-state index in [1.165, 1.54) is 6.39 Å². The van der Waals surface area contributed by atoms with Gasteiger partial charge in [0.05, 0.1) is 0 Å². The van der Waals surface area contributed by atoms with Crippen molar-refractivity contribution in [2.75, 3.05) is 19.7 Å². The van der Waals surface area contributed by atoms with Crippen molar-refractivity contribution in [2.24, 2.45) is 0 Å². The summed E-state index contributed by atoms with van der Waals surface area (Å²) >= 11 is 5.84. The first-order valence-corrected chi connectivity index (χ1v) is 6.64. The van der Waals surface area contributed by atoms with Crippen molar-refractivity contribution in [1.82, 2.24) is 15.5 Å². The van der Waals surface area contributed by atoms with E-state index in [1.54, 1.807) is 24.3 Å². The van der Waals surface area contributed by atoms with Gasteiger partial charge in [-0.2, -0.15) is 4.98 Å². The second kappa shape index (κ2) is 7.84. The van der Waals surface area contributed by atoms with Crippen LogP contribution in [0, 0.1) is 0 Å². The van der Waals surface area contributed by atoms with Crippen LogP contribution in [0.25, 0.3) is 0 Å². The third-order valence-corrected chi connectivity index (χ3v) is 2.79. The zero-order valence-electron chi connectivity index (χ0n) is 10.8. The van der Waals surface area contributed by atoms with Crippen LogP contribution in [0.3, 0.4) is 0 Å². The van der Waals surface area contributed by atoms with Gasteiger partial charge in [0, 0.05) is 24.5 Å². The number of rotatable bonds is 8. The van der Waals surface area contributed by atoms with Gasteiger partial charge in [-0.15, -0.1) is 0 Å². The van der Waals surface area contributed by atoms with E-state index in [4.69, 9.17) is 16.3 Å². The van der Waals surface area contributed by atoms with Crippen molar-refractivity contribution < 1.29 is 14.4 Å². The molecule has 0 aliphatic heterocycles. The topological polar surface area (TPSA) is 80.4 Å². The van der Waals surface area contributed by atoms with Crippen molar-refractivity contribution in [3.05, 3.63) is 41.5 Å². The first kappa shape index (κ1) is 14.8. The molecule has 1 unspecified atom stereocenters. The Balaban J connectivity index is 1.59. The minimum absolute atomic E-state index is 0.204. The lowest BCUT2D eigenvalue weighted by Gasteiger charge is -2.13. The summed E-state index contributed by atoms with van der Waals surface area (Å²) in [6.07, 6.45) is 1.35. The minimum atomic E-state index is -0.598. The molecule has 1 aromatic heterocycles. The number of aliphatic hydroxyl groups is 1. The second-order valence-corrected chi connectivity index (χ2v) is 4.66. The average Bonchev–Trinajstić information content (AvgIpc) is 2.95. The van der Waals surface area contributed by atoms with Crippen molar-refractivity contribution in [1.29, 1.82) is 0 Å². The molecule has 2 N–H and O–H groups in total. The van der Waals surface area contributed by atoms with E-state index in [2.05, 4.69) is 20.0 Å². The van der Waals surface area contributed by atoms with Crippen molar-refractivity contribution >= 4 is 11.6 Å². The molecule has 2 rings (SSSR count). The molecule has 1 atom stereocenters. The van der Waals surface area contributed by atoms with Gasteiger partial charge in [-0.05, 0) is 18.2 Å². The van der Waals surface area contributed by atoms with Gasteiger partial charge in [-0.25, -0.2) is 0 Å². The normalized spacial score (nSPS) is 12.3. The molecule has 6 nitrogen and oxygen atoms in total. The summed E-state index contributed by atoms with van der Waals surface area (Å²) in [6.45, 7) is 1.29. The highest BCUT2D eigenvalue weighted by atomic mass is 35.5. The third kappa shape index (κ3) is 5.16. The number of nitrogens with one attached hydrogen (secondary N) is 1. The molecule has 0 spiro atoms. The van der Waals surface area contributed by atoms with Crippen LogP contribution in [-0.4, -0.2) is 41.0 Å². The highest BCUT2D eigenvalue weighted by Gasteiger charge is 2.05. The number of hydrogen-bond donors (Lipinski definition) is 2. The Morgan fingerprint density at radius 2 is 2.35 bits per heavy atom. The van der Waals surface area contributed by atoms with Crippen LogP contribution in [-0.2, 0) is 6.42 Å². The smallest absolute Gasteiger partial charge is 0.213 e. The molecular weight excluding hydrogens is 282 g/mol. The largest absolute Gasteiger partial charge is 0.491 e. The van der Waals surface area contributed by atoms with E-state index in [0.29, 0.717) is 36.1 Å². The van der Waals surface area contributed by atoms with Crippen LogP contribution in [0.5, 0.6) is 5.75 Å². The lowest BCUT2D eigenvalue weighted by atomic mass is 10.3. The molecule has 0 fully saturated rings. The van der Waals surface area contributed by atoms with Crippen LogP contribution in [0.1, 0.15) is 5.82 Å². The van der Waals surface area contributed by atoms with Gasteiger partial charge in [0.2, 0.25) is 6.39 Å². The summed E-state index contributed by atoms with van der Waals surface area (Å²) in [5.74, 6) is 1.28. The average molecular weight is 298 g/mol. The zero-order valence-corrected chi connectivity index (χ0v) is 11.6. The molecule has 108 valence electrons. The molecule has 0 saturated heterocycles. The maximum absolute atomic E-state index is 9.77. The Hall–Kier alpha value is -1.63. The molecule has 20 heavy (non-hydrogen) atoms. The van der Waals surface area contributed by atoms with Crippen molar-refractivity contribution in [3.8, 4) is 5.75 Å². The molecule has 7 heteroatoms. The number of halogens is 1. The Labute approximate surface area is 121 Å². The number of hydrogen-bond acceptors (Lipinski definition) is 6. The van der Waals surface area contributed by atoms with Crippen LogP contribution in [0.4, 0.5) is 0 Å². The zero-order chi connectivity index (χ0) is 14.2. The molecule has 0 radical (unpaired) electrons. The number of aliphatic hydroxyl groups excluding tert-OH is 1. The van der Waals surface area contributed by atoms with Crippen LogP contribution in [0.2, 0.25) is 5.02 Å². The lowest BCUT2D eigenvalue weighted by Crippen LogP contribution is -2.32. The van der Waals surface area contributed by atoms with Gasteiger partial charge in [-0.3, -0.25) is 0 Å². The standard InChI is InChI=1S/C13H16ClN3O3/c14-10-2-1-3-12(6-10)19-8-11(18)7-15-5-4-13-16-9-20-17-13/h1-3,6,9,11,15,18H,4-5,7-8H2. The lowest BCUT2D eigenvalue weighted by molar-refractivity contribution is 0.106. The van der Waals surface area contributed by atoms with Crippen LogP contribution < -0.4 is 10.1 Å². The van der Waals surface area contributed by atoms with E-state index >= 15 is 0 Å². The number of benzene rings is 1. The molecule has 1 heterocycles. The molecule has 0 aliphatic rings. The first-order chi connectivity index (χ1) is 9.74. The number of aromatic nitrogens is 2. The summed E-state index contributed by atoms with van der Waals surface area (Å²) in [7, 11) is 0. The molecule has 0 saturated carbocycles. The second-order valence-electron chi connectivity index (χ2n) is 4.22. The Kier molecular flexibility index (Phi) is 5.79. The maximum atomic E-state index is 9.77. The van der Waals surface area contributed by atoms with Gasteiger partial charge >= 0.3 is 0 Å². The van der Waals surface area contributed by atoms with Crippen molar-refractivity contribution in [3.63, 3.8) is 0 Å².